The second-order valence-corrected chi connectivity index (χ2v) is 4.95. The minimum Gasteiger partial charge on any atom is -0.480 e. The Morgan fingerprint density at radius 2 is 2.27 bits per heavy atom. The van der Waals surface area contributed by atoms with Crippen LogP contribution in [-0.2, 0) is 9.59 Å². The van der Waals surface area contributed by atoms with Crippen molar-refractivity contribution in [2.45, 2.75) is 38.1 Å². The average Bonchev–Trinajstić information content (AvgIpc) is 2.40. The van der Waals surface area contributed by atoms with Crippen LogP contribution in [0.25, 0.3) is 0 Å². The molecule has 0 aromatic rings. The lowest BCUT2D eigenvalue weighted by Gasteiger charge is -2.25. The van der Waals surface area contributed by atoms with E-state index in [1.165, 1.54) is 4.90 Å². The number of carboxylic acid groups (broad SMARTS) is 1. The molecule has 1 N–H and O–H groups in total. The zero-order valence-corrected chi connectivity index (χ0v) is 9.70. The molecule has 0 spiro atoms. The highest BCUT2D eigenvalue weighted by atomic mass is 35.5. The fourth-order valence-corrected chi connectivity index (χ4v) is 2.08. The fraction of sp³-hybridized carbons (Fsp3) is 0.800. The SMILES string of the molecule is CC(C)CC(C(=O)O)N1CC(Cl)CC1=O. The monoisotopic (exact) mass is 233 g/mol. The van der Waals surface area contributed by atoms with Gasteiger partial charge < -0.3 is 10.0 Å². The number of likely N-dealkylation sites (tertiary alicyclic amines) is 1. The van der Waals surface area contributed by atoms with Crippen LogP contribution in [0.1, 0.15) is 26.7 Å². The Labute approximate surface area is 94.2 Å². The lowest BCUT2D eigenvalue weighted by atomic mass is 10.0. The Balaban J connectivity index is 2.72. The van der Waals surface area contributed by atoms with E-state index in [1.807, 2.05) is 13.8 Å². The van der Waals surface area contributed by atoms with Crippen molar-refractivity contribution >= 4 is 23.5 Å². The molecule has 2 atom stereocenters. The number of hydrogen-bond donors (Lipinski definition) is 1. The predicted octanol–water partition coefficient (Wildman–Crippen LogP) is 1.33. The lowest BCUT2D eigenvalue weighted by Crippen LogP contribution is -2.43. The molecule has 0 saturated carbocycles. The molecule has 86 valence electrons. The van der Waals surface area contributed by atoms with Gasteiger partial charge in [-0.2, -0.15) is 0 Å². The maximum Gasteiger partial charge on any atom is 0.326 e. The number of halogens is 1. The zero-order chi connectivity index (χ0) is 11.6. The molecule has 2 unspecified atom stereocenters. The summed E-state index contributed by atoms with van der Waals surface area (Å²) >= 11 is 5.83. The minimum atomic E-state index is -0.942. The van der Waals surface area contributed by atoms with Crippen molar-refractivity contribution in [2.24, 2.45) is 5.92 Å². The van der Waals surface area contributed by atoms with Crippen LogP contribution in [-0.4, -0.2) is 39.8 Å². The molecular weight excluding hydrogens is 218 g/mol. The summed E-state index contributed by atoms with van der Waals surface area (Å²) in [4.78, 5) is 23.9. The minimum absolute atomic E-state index is 0.150. The van der Waals surface area contributed by atoms with Crippen molar-refractivity contribution in [1.82, 2.24) is 4.90 Å². The van der Waals surface area contributed by atoms with Crippen molar-refractivity contribution in [1.29, 1.82) is 0 Å². The normalized spacial score (nSPS) is 23.6. The van der Waals surface area contributed by atoms with Crippen molar-refractivity contribution < 1.29 is 14.7 Å². The Hall–Kier alpha value is -0.770. The highest BCUT2D eigenvalue weighted by Crippen LogP contribution is 2.22. The van der Waals surface area contributed by atoms with Gasteiger partial charge in [-0.3, -0.25) is 4.79 Å². The number of carbonyl (C=O) groups excluding carboxylic acids is 1. The number of aliphatic carboxylic acids is 1. The van der Waals surface area contributed by atoms with Gasteiger partial charge in [-0.25, -0.2) is 4.79 Å². The maximum atomic E-state index is 11.5. The van der Waals surface area contributed by atoms with E-state index in [4.69, 9.17) is 16.7 Å². The van der Waals surface area contributed by atoms with E-state index < -0.39 is 12.0 Å². The van der Waals surface area contributed by atoms with Crippen molar-refractivity contribution in [3.63, 3.8) is 0 Å². The lowest BCUT2D eigenvalue weighted by molar-refractivity contribution is -0.149. The van der Waals surface area contributed by atoms with Gasteiger partial charge in [0, 0.05) is 13.0 Å². The number of carboxylic acids is 1. The van der Waals surface area contributed by atoms with E-state index in [2.05, 4.69) is 0 Å². The summed E-state index contributed by atoms with van der Waals surface area (Å²) in [6.07, 6.45) is 0.730. The van der Waals surface area contributed by atoms with Crippen LogP contribution >= 0.6 is 11.6 Å². The number of hydrogen-bond acceptors (Lipinski definition) is 2. The first kappa shape index (κ1) is 12.3. The molecule has 1 aliphatic heterocycles. The average molecular weight is 234 g/mol. The summed E-state index contributed by atoms with van der Waals surface area (Å²) in [5, 5.41) is 8.81. The molecule has 0 radical (unpaired) electrons. The Morgan fingerprint density at radius 3 is 2.60 bits per heavy atom. The second kappa shape index (κ2) is 4.84. The van der Waals surface area contributed by atoms with Crippen LogP contribution in [0, 0.1) is 5.92 Å². The van der Waals surface area contributed by atoms with Crippen LogP contribution < -0.4 is 0 Å². The summed E-state index contributed by atoms with van der Waals surface area (Å²) in [6, 6.07) is -0.721. The molecule has 5 heteroatoms. The number of alkyl halides is 1. The van der Waals surface area contributed by atoms with Crippen LogP contribution in [0.5, 0.6) is 0 Å². The third-order valence-electron chi connectivity index (χ3n) is 2.47. The first-order chi connectivity index (χ1) is 6.91. The van der Waals surface area contributed by atoms with E-state index in [-0.39, 0.29) is 23.6 Å². The molecule has 1 saturated heterocycles. The largest absolute Gasteiger partial charge is 0.480 e. The summed E-state index contributed by atoms with van der Waals surface area (Å²) in [5.74, 6) is -0.848. The molecule has 15 heavy (non-hydrogen) atoms. The highest BCUT2D eigenvalue weighted by Gasteiger charge is 2.36. The first-order valence-corrected chi connectivity index (χ1v) is 5.51. The van der Waals surface area contributed by atoms with Gasteiger partial charge in [0.1, 0.15) is 6.04 Å². The summed E-state index contributed by atoms with van der Waals surface area (Å²) < 4.78 is 0. The quantitative estimate of drug-likeness (QED) is 0.746. The van der Waals surface area contributed by atoms with Crippen molar-refractivity contribution in [3.8, 4) is 0 Å². The van der Waals surface area contributed by atoms with Crippen LogP contribution in [0.3, 0.4) is 0 Å². The van der Waals surface area contributed by atoms with E-state index >= 15 is 0 Å². The molecule has 0 aromatic heterocycles. The maximum absolute atomic E-state index is 11.5. The van der Waals surface area contributed by atoms with E-state index in [9.17, 15) is 9.59 Å². The van der Waals surface area contributed by atoms with Crippen LogP contribution in [0.2, 0.25) is 0 Å². The van der Waals surface area contributed by atoms with Crippen molar-refractivity contribution in [3.05, 3.63) is 0 Å². The molecule has 0 bridgehead atoms. The molecular formula is C10H16ClNO3. The Kier molecular flexibility index (Phi) is 3.97. The topological polar surface area (TPSA) is 57.6 Å². The standard InChI is InChI=1S/C10H16ClNO3/c1-6(2)3-8(10(14)15)12-5-7(11)4-9(12)13/h6-8H,3-5H2,1-2H3,(H,14,15). The van der Waals surface area contributed by atoms with Gasteiger partial charge in [-0.15, -0.1) is 11.6 Å². The molecule has 0 aliphatic carbocycles. The summed E-state index contributed by atoms with van der Waals surface area (Å²) in [5.41, 5.74) is 0. The number of carbonyl (C=O) groups is 2. The van der Waals surface area contributed by atoms with Gasteiger partial charge in [-0.05, 0) is 12.3 Å². The number of rotatable bonds is 4. The molecule has 1 heterocycles. The third-order valence-corrected chi connectivity index (χ3v) is 2.76. The van der Waals surface area contributed by atoms with Gasteiger partial charge in [0.2, 0.25) is 5.91 Å². The fourth-order valence-electron chi connectivity index (χ4n) is 1.80. The summed E-state index contributed by atoms with van der Waals surface area (Å²) in [6.45, 7) is 4.23. The smallest absolute Gasteiger partial charge is 0.326 e. The second-order valence-electron chi connectivity index (χ2n) is 4.33. The third kappa shape index (κ3) is 3.09. The number of amides is 1. The van der Waals surface area contributed by atoms with Crippen molar-refractivity contribution in [2.75, 3.05) is 6.54 Å². The van der Waals surface area contributed by atoms with Crippen LogP contribution in [0.15, 0.2) is 0 Å². The molecule has 4 nitrogen and oxygen atoms in total. The van der Waals surface area contributed by atoms with E-state index in [0.717, 1.165) is 0 Å². The van der Waals surface area contributed by atoms with Crippen LogP contribution in [0.4, 0.5) is 0 Å². The number of nitrogens with zero attached hydrogens (tertiary/aromatic N) is 1. The van der Waals surface area contributed by atoms with Gasteiger partial charge in [-0.1, -0.05) is 13.8 Å². The Bertz CT molecular complexity index is 267. The Morgan fingerprint density at radius 1 is 1.67 bits per heavy atom. The van der Waals surface area contributed by atoms with Gasteiger partial charge in [0.15, 0.2) is 0 Å². The van der Waals surface area contributed by atoms with Gasteiger partial charge in [0.25, 0.3) is 0 Å². The summed E-state index contributed by atoms with van der Waals surface area (Å²) in [7, 11) is 0. The van der Waals surface area contributed by atoms with Gasteiger partial charge >= 0.3 is 5.97 Å². The molecule has 1 aliphatic rings. The van der Waals surface area contributed by atoms with Gasteiger partial charge in [0.05, 0.1) is 5.38 Å². The molecule has 1 fully saturated rings. The highest BCUT2D eigenvalue weighted by molar-refractivity contribution is 6.22. The predicted molar refractivity (Wildman–Crippen MR) is 56.8 cm³/mol. The molecule has 1 rings (SSSR count). The van der Waals surface area contributed by atoms with E-state index in [0.29, 0.717) is 13.0 Å². The van der Waals surface area contributed by atoms with E-state index in [1.54, 1.807) is 0 Å². The zero-order valence-electron chi connectivity index (χ0n) is 8.94. The molecule has 0 aromatic carbocycles. The first-order valence-electron chi connectivity index (χ1n) is 5.08. The molecule has 1 amide bonds.